The summed E-state index contributed by atoms with van der Waals surface area (Å²) in [6, 6.07) is 15.5. The van der Waals surface area contributed by atoms with E-state index in [2.05, 4.69) is 15.5 Å². The van der Waals surface area contributed by atoms with Crippen molar-refractivity contribution in [2.75, 3.05) is 5.75 Å². The fourth-order valence-corrected chi connectivity index (χ4v) is 5.86. The van der Waals surface area contributed by atoms with Crippen molar-refractivity contribution in [2.24, 2.45) is 0 Å². The number of aliphatic hydroxyl groups is 1. The highest BCUT2D eigenvalue weighted by molar-refractivity contribution is 8.01. The molecule has 2 aromatic carbocycles. The van der Waals surface area contributed by atoms with Crippen molar-refractivity contribution in [3.05, 3.63) is 75.8 Å². The third-order valence-electron chi connectivity index (χ3n) is 6.05. The Labute approximate surface area is 229 Å². The number of carboxylic acids is 1. The quantitative estimate of drug-likeness (QED) is 0.275. The van der Waals surface area contributed by atoms with Crippen LogP contribution in [0.4, 0.5) is 0 Å². The molecule has 1 fully saturated rings. The number of aliphatic hydroxyl groups excluding tert-OH is 1. The minimum atomic E-state index is -0.902. The van der Waals surface area contributed by atoms with Crippen molar-refractivity contribution in [3.8, 4) is 0 Å². The molecule has 0 spiro atoms. The lowest BCUT2D eigenvalue weighted by Gasteiger charge is -2.36. The largest absolute Gasteiger partial charge is 0.481 e. The molecule has 1 aliphatic rings. The topological polar surface area (TPSA) is 131 Å². The molecule has 3 unspecified atom stereocenters. The van der Waals surface area contributed by atoms with Gasteiger partial charge in [-0.2, -0.15) is 0 Å². The first kappa shape index (κ1) is 28.2. The Morgan fingerprint density at radius 2 is 1.74 bits per heavy atom. The van der Waals surface area contributed by atoms with Crippen molar-refractivity contribution in [3.63, 3.8) is 0 Å². The van der Waals surface area contributed by atoms with Crippen LogP contribution in [0.5, 0.6) is 0 Å². The van der Waals surface area contributed by atoms with E-state index < -0.39 is 12.3 Å². The molecule has 2 heterocycles. The third-order valence-corrected chi connectivity index (χ3v) is 8.16. The highest BCUT2D eigenvalue weighted by Crippen LogP contribution is 2.39. The van der Waals surface area contributed by atoms with Crippen LogP contribution in [-0.2, 0) is 32.2 Å². The number of nitrogens with zero attached hydrogens (tertiary/aromatic N) is 2. The monoisotopic (exact) mass is 557 g/mol. The summed E-state index contributed by atoms with van der Waals surface area (Å²) in [4.78, 5) is 22.6. The Morgan fingerprint density at radius 1 is 1.03 bits per heavy atom. The molecule has 1 aliphatic heterocycles. The lowest BCUT2D eigenvalue weighted by atomic mass is 10.0. The number of rotatable bonds is 12. The van der Waals surface area contributed by atoms with E-state index in [0.717, 1.165) is 31.6 Å². The average Bonchev–Trinajstić information content (AvgIpc) is 3.35. The number of benzene rings is 2. The van der Waals surface area contributed by atoms with Crippen LogP contribution in [0.1, 0.15) is 65.3 Å². The zero-order valence-corrected chi connectivity index (χ0v) is 22.7. The molecule has 3 atom stereocenters. The Morgan fingerprint density at radius 3 is 2.39 bits per heavy atom. The van der Waals surface area contributed by atoms with Crippen LogP contribution in [0.25, 0.3) is 0 Å². The number of carbonyl (C=O) groups excluding carboxylic acids is 1. The van der Waals surface area contributed by atoms with Crippen LogP contribution in [0.15, 0.2) is 52.9 Å². The predicted octanol–water partition coefficient (Wildman–Crippen LogP) is 4.55. The zero-order valence-electron chi connectivity index (χ0n) is 21.0. The van der Waals surface area contributed by atoms with Gasteiger partial charge in [-0.3, -0.25) is 9.59 Å². The van der Waals surface area contributed by atoms with Crippen molar-refractivity contribution in [2.45, 2.75) is 68.6 Å². The summed E-state index contributed by atoms with van der Waals surface area (Å²) in [7, 11) is 0. The average molecular weight is 558 g/mol. The molecule has 11 heteroatoms. The fourth-order valence-electron chi connectivity index (χ4n) is 4.01. The maximum absolute atomic E-state index is 12.0. The molecular weight excluding hydrogens is 526 g/mol. The molecule has 1 saturated heterocycles. The normalized spacial score (nSPS) is 19.3. The van der Waals surface area contributed by atoms with Crippen molar-refractivity contribution in [1.29, 1.82) is 0 Å². The van der Waals surface area contributed by atoms with Gasteiger partial charge in [-0.1, -0.05) is 71.6 Å². The van der Waals surface area contributed by atoms with E-state index in [4.69, 9.17) is 14.6 Å². The number of carbonyl (C=O) groups is 2. The van der Waals surface area contributed by atoms with Gasteiger partial charge < -0.3 is 25.0 Å². The van der Waals surface area contributed by atoms with Crippen LogP contribution in [0, 0.1) is 6.92 Å². The number of aryl methyl sites for hydroxylation is 1. The number of hydrogen-bond donors (Lipinski definition) is 3. The summed E-state index contributed by atoms with van der Waals surface area (Å²) in [5, 5.41) is 30.1. The third kappa shape index (κ3) is 8.34. The van der Waals surface area contributed by atoms with Gasteiger partial charge in [0.2, 0.25) is 5.91 Å². The van der Waals surface area contributed by atoms with Crippen LogP contribution in [0.2, 0.25) is 0 Å². The molecule has 4 rings (SSSR count). The van der Waals surface area contributed by atoms with Gasteiger partial charge in [0.25, 0.3) is 0 Å². The van der Waals surface area contributed by atoms with Gasteiger partial charge in [-0.05, 0) is 30.0 Å². The fraction of sp³-hybridized carbons (Fsp3) is 0.407. The molecule has 0 bridgehead atoms. The molecule has 3 N–H and O–H groups in total. The molecule has 9 nitrogen and oxygen atoms in total. The van der Waals surface area contributed by atoms with Gasteiger partial charge in [-0.15, -0.1) is 10.2 Å². The Kier molecular flexibility index (Phi) is 10.2. The molecule has 1 aromatic heterocycles. The van der Waals surface area contributed by atoms with Gasteiger partial charge in [0.1, 0.15) is 5.01 Å². The molecule has 0 aliphatic carbocycles. The van der Waals surface area contributed by atoms with E-state index in [1.807, 2.05) is 55.5 Å². The lowest BCUT2D eigenvalue weighted by molar-refractivity contribution is -0.245. The summed E-state index contributed by atoms with van der Waals surface area (Å²) < 4.78 is 13.6. The number of thioether (sulfide) groups is 1. The van der Waals surface area contributed by atoms with E-state index in [0.29, 0.717) is 25.1 Å². The molecule has 3 aromatic rings. The SMILES string of the molecule is Cc1nnc(SCC2CC(c3ccc(CO)cc3)OC(c3ccc(CNC(=O)CCCC(=O)O)cc3)O2)s1. The summed E-state index contributed by atoms with van der Waals surface area (Å²) in [5.74, 6) is -0.359. The van der Waals surface area contributed by atoms with Crippen molar-refractivity contribution in [1.82, 2.24) is 15.5 Å². The van der Waals surface area contributed by atoms with E-state index in [9.17, 15) is 14.7 Å². The summed E-state index contributed by atoms with van der Waals surface area (Å²) in [6.07, 6.45) is 0.362. The molecule has 38 heavy (non-hydrogen) atoms. The van der Waals surface area contributed by atoms with Gasteiger partial charge in [-0.25, -0.2) is 0 Å². The zero-order chi connectivity index (χ0) is 26.9. The Hall–Kier alpha value is -2.83. The van der Waals surface area contributed by atoms with Gasteiger partial charge in [0, 0.05) is 37.1 Å². The maximum Gasteiger partial charge on any atom is 0.303 e. The van der Waals surface area contributed by atoms with Crippen LogP contribution >= 0.6 is 23.1 Å². The molecule has 0 radical (unpaired) electrons. The van der Waals surface area contributed by atoms with Crippen LogP contribution < -0.4 is 5.32 Å². The molecule has 1 amide bonds. The standard InChI is InChI=1S/C27H31N3O6S2/c1-17-29-30-27(38-17)37-16-22-13-23(20-9-7-19(15-31)8-10-20)36-26(35-22)21-11-5-18(6-12-21)14-28-24(32)3-2-4-25(33)34/h5-12,22-23,26,31H,2-4,13-16H2,1H3,(H,28,32)(H,33,34). The van der Waals surface area contributed by atoms with E-state index in [1.165, 1.54) is 0 Å². The van der Waals surface area contributed by atoms with Gasteiger partial charge in [0.15, 0.2) is 10.6 Å². The highest BCUT2D eigenvalue weighted by Gasteiger charge is 2.32. The second kappa shape index (κ2) is 13.8. The first-order valence-corrected chi connectivity index (χ1v) is 14.2. The van der Waals surface area contributed by atoms with Gasteiger partial charge >= 0.3 is 5.97 Å². The molecule has 0 saturated carbocycles. The molecular formula is C27H31N3O6S2. The Bertz CT molecular complexity index is 1200. The van der Waals surface area contributed by atoms with E-state index >= 15 is 0 Å². The number of hydrogen-bond acceptors (Lipinski definition) is 9. The number of ether oxygens (including phenoxy) is 2. The minimum absolute atomic E-state index is 0.00674. The molecule has 202 valence electrons. The minimum Gasteiger partial charge on any atom is -0.481 e. The number of nitrogens with one attached hydrogen (secondary N) is 1. The maximum atomic E-state index is 12.0. The number of aliphatic carboxylic acids is 1. The highest BCUT2D eigenvalue weighted by atomic mass is 32.2. The summed E-state index contributed by atoms with van der Waals surface area (Å²) in [6.45, 7) is 2.29. The van der Waals surface area contributed by atoms with Crippen molar-refractivity contribution >= 4 is 35.0 Å². The van der Waals surface area contributed by atoms with Crippen molar-refractivity contribution < 1.29 is 29.3 Å². The number of aromatic nitrogens is 2. The van der Waals surface area contributed by atoms with E-state index in [1.54, 1.807) is 23.1 Å². The second-order valence-corrected chi connectivity index (χ2v) is 11.5. The number of carboxylic acid groups (broad SMARTS) is 1. The lowest BCUT2D eigenvalue weighted by Crippen LogP contribution is -2.31. The summed E-state index contributed by atoms with van der Waals surface area (Å²) in [5.41, 5.74) is 3.67. The second-order valence-electron chi connectivity index (χ2n) is 9.01. The summed E-state index contributed by atoms with van der Waals surface area (Å²) >= 11 is 3.19. The van der Waals surface area contributed by atoms with Crippen LogP contribution in [-0.4, -0.2) is 44.1 Å². The van der Waals surface area contributed by atoms with Gasteiger partial charge in [0.05, 0.1) is 18.8 Å². The smallest absolute Gasteiger partial charge is 0.303 e. The van der Waals surface area contributed by atoms with Crippen LogP contribution in [0.3, 0.4) is 0 Å². The van der Waals surface area contributed by atoms with E-state index in [-0.39, 0.29) is 37.6 Å². The number of amides is 1. The Balaban J connectivity index is 1.40. The first-order chi connectivity index (χ1) is 18.4. The predicted molar refractivity (Wildman–Crippen MR) is 144 cm³/mol. The first-order valence-electron chi connectivity index (χ1n) is 12.4.